The van der Waals surface area contributed by atoms with Crippen LogP contribution in [-0.2, 0) is 16.8 Å². The number of anilines is 1. The largest absolute Gasteiger partial charge is 0.356 e. The van der Waals surface area contributed by atoms with Gasteiger partial charge in [-0.15, -0.1) is 0 Å². The summed E-state index contributed by atoms with van der Waals surface area (Å²) >= 11 is 3.57. The van der Waals surface area contributed by atoms with Gasteiger partial charge in [-0.3, -0.25) is 10.1 Å². The second kappa shape index (κ2) is 4.96. The Hall–Kier alpha value is -2.11. The highest BCUT2D eigenvalue weighted by Gasteiger charge is 2.54. The van der Waals surface area contributed by atoms with Crippen LogP contribution in [0.25, 0.3) is 10.9 Å². The molecule has 2 aromatic carbocycles. The first kappa shape index (κ1) is 15.2. The number of amides is 1. The Bertz CT molecular complexity index is 1050. The molecule has 5 heteroatoms. The van der Waals surface area contributed by atoms with Gasteiger partial charge in [0.1, 0.15) is 0 Å². The van der Waals surface area contributed by atoms with E-state index in [-0.39, 0.29) is 5.91 Å². The summed E-state index contributed by atoms with van der Waals surface area (Å²) < 4.78 is 0.981. The van der Waals surface area contributed by atoms with E-state index in [0.29, 0.717) is 0 Å². The molecule has 0 bridgehead atoms. The molecule has 4 nitrogen and oxygen atoms in total. The third-order valence-corrected chi connectivity index (χ3v) is 6.04. The van der Waals surface area contributed by atoms with Gasteiger partial charge in [0.05, 0.1) is 5.69 Å². The van der Waals surface area contributed by atoms with Gasteiger partial charge in [0.2, 0.25) is 0 Å². The molecule has 3 aromatic rings. The molecule has 1 aromatic heterocycles. The number of H-pyrrole nitrogens is 1. The minimum absolute atomic E-state index is 0.0739. The van der Waals surface area contributed by atoms with Crippen molar-refractivity contribution in [3.63, 3.8) is 0 Å². The van der Waals surface area contributed by atoms with Crippen LogP contribution in [0.2, 0.25) is 0 Å². The van der Waals surface area contributed by atoms with Gasteiger partial charge in [-0.05, 0) is 49.2 Å². The van der Waals surface area contributed by atoms with Gasteiger partial charge in [-0.1, -0.05) is 27.6 Å². The second-order valence-corrected chi connectivity index (χ2v) is 7.90. The number of benzene rings is 2. The zero-order chi connectivity index (χ0) is 17.3. The number of hydrogen-bond donors (Lipinski definition) is 2. The molecule has 25 heavy (non-hydrogen) atoms. The highest BCUT2D eigenvalue weighted by Crippen LogP contribution is 2.48. The summed E-state index contributed by atoms with van der Waals surface area (Å²) in [5.74, 6) is 0.0739. The number of aromatic nitrogens is 1. The van der Waals surface area contributed by atoms with Crippen molar-refractivity contribution in [2.45, 2.75) is 18.9 Å². The number of hydrogen-bond acceptors (Lipinski definition) is 2. The van der Waals surface area contributed by atoms with Crippen molar-refractivity contribution >= 4 is 38.4 Å². The fraction of sp³-hybridized carbons (Fsp3) is 0.250. The van der Waals surface area contributed by atoms with Gasteiger partial charge >= 0.3 is 0 Å². The Kier molecular flexibility index (Phi) is 3.01. The maximum atomic E-state index is 13.4. The fourth-order valence-electron chi connectivity index (χ4n) is 4.39. The van der Waals surface area contributed by atoms with E-state index in [1.54, 1.807) is 4.90 Å². The van der Waals surface area contributed by atoms with Crippen molar-refractivity contribution in [1.29, 1.82) is 0 Å². The minimum Gasteiger partial charge on any atom is -0.356 e. The van der Waals surface area contributed by atoms with Gasteiger partial charge in [0.25, 0.3) is 5.91 Å². The van der Waals surface area contributed by atoms with Crippen molar-refractivity contribution < 1.29 is 4.79 Å². The number of fused-ring (bicyclic) bond motifs is 6. The van der Waals surface area contributed by atoms with E-state index in [1.807, 2.05) is 19.2 Å². The molecule has 0 radical (unpaired) electrons. The SMILES string of the molecule is Cc1ccc2[nH]c3c(c2c1)CCN[C@]31C(=O)N(C)c2ccc(Br)cc21. The van der Waals surface area contributed by atoms with E-state index in [4.69, 9.17) is 0 Å². The first-order valence-electron chi connectivity index (χ1n) is 8.47. The fourth-order valence-corrected chi connectivity index (χ4v) is 4.76. The molecule has 5 rings (SSSR count). The monoisotopic (exact) mass is 395 g/mol. The van der Waals surface area contributed by atoms with Crippen LogP contribution in [0.5, 0.6) is 0 Å². The van der Waals surface area contributed by atoms with Crippen molar-refractivity contribution in [2.24, 2.45) is 0 Å². The second-order valence-electron chi connectivity index (χ2n) is 6.98. The number of aromatic amines is 1. The van der Waals surface area contributed by atoms with Crippen LogP contribution in [0.4, 0.5) is 5.69 Å². The number of nitrogens with one attached hydrogen (secondary N) is 2. The molecule has 1 atom stereocenters. The molecule has 0 saturated carbocycles. The molecular weight excluding hydrogens is 378 g/mol. The molecule has 1 spiro atoms. The summed E-state index contributed by atoms with van der Waals surface area (Å²) in [6.45, 7) is 2.88. The Morgan fingerprint density at radius 1 is 1.20 bits per heavy atom. The van der Waals surface area contributed by atoms with E-state index in [9.17, 15) is 4.79 Å². The normalized spacial score (nSPS) is 21.9. The summed E-state index contributed by atoms with van der Waals surface area (Å²) in [7, 11) is 1.85. The molecule has 3 heterocycles. The first-order valence-corrected chi connectivity index (χ1v) is 9.26. The van der Waals surface area contributed by atoms with Crippen LogP contribution >= 0.6 is 15.9 Å². The lowest BCUT2D eigenvalue weighted by Gasteiger charge is -2.34. The van der Waals surface area contributed by atoms with Gasteiger partial charge in [0, 0.05) is 40.2 Å². The number of aryl methyl sites for hydroxylation is 1. The lowest BCUT2D eigenvalue weighted by molar-refractivity contribution is -0.122. The van der Waals surface area contributed by atoms with Gasteiger partial charge in [-0.25, -0.2) is 0 Å². The van der Waals surface area contributed by atoms with Crippen LogP contribution in [-0.4, -0.2) is 24.5 Å². The topological polar surface area (TPSA) is 48.1 Å². The maximum Gasteiger partial charge on any atom is 0.257 e. The van der Waals surface area contributed by atoms with Gasteiger partial charge < -0.3 is 9.88 Å². The lowest BCUT2D eigenvalue weighted by atomic mass is 9.82. The quantitative estimate of drug-likeness (QED) is 0.610. The summed E-state index contributed by atoms with van der Waals surface area (Å²) in [5, 5.41) is 4.78. The van der Waals surface area contributed by atoms with Crippen molar-refractivity contribution in [1.82, 2.24) is 10.3 Å². The molecule has 0 fully saturated rings. The Labute approximate surface area is 154 Å². The average Bonchev–Trinajstić information content (AvgIpc) is 3.06. The van der Waals surface area contributed by atoms with Crippen LogP contribution in [0.3, 0.4) is 0 Å². The zero-order valence-electron chi connectivity index (χ0n) is 14.1. The summed E-state index contributed by atoms with van der Waals surface area (Å²) in [4.78, 5) is 18.7. The van der Waals surface area contributed by atoms with E-state index in [2.05, 4.69) is 57.4 Å². The van der Waals surface area contributed by atoms with Crippen LogP contribution in [0.1, 0.15) is 22.4 Å². The summed E-state index contributed by atoms with van der Waals surface area (Å²) in [6, 6.07) is 12.5. The highest BCUT2D eigenvalue weighted by atomic mass is 79.9. The molecule has 1 amide bonds. The van der Waals surface area contributed by atoms with Crippen molar-refractivity contribution in [3.05, 3.63) is 63.3 Å². The molecule has 2 aliphatic heterocycles. The predicted molar refractivity (Wildman–Crippen MR) is 103 cm³/mol. The van der Waals surface area contributed by atoms with E-state index in [1.165, 1.54) is 16.5 Å². The third kappa shape index (κ3) is 1.82. The zero-order valence-corrected chi connectivity index (χ0v) is 15.7. The number of halogens is 1. The average molecular weight is 396 g/mol. The summed E-state index contributed by atoms with van der Waals surface area (Å²) in [5.41, 5.74) is 5.73. The minimum atomic E-state index is -0.825. The Morgan fingerprint density at radius 2 is 2.04 bits per heavy atom. The number of carbonyl (C=O) groups is 1. The van der Waals surface area contributed by atoms with Crippen molar-refractivity contribution in [3.8, 4) is 0 Å². The highest BCUT2D eigenvalue weighted by molar-refractivity contribution is 9.10. The van der Waals surface area contributed by atoms with Crippen molar-refractivity contribution in [2.75, 3.05) is 18.5 Å². The molecule has 2 N–H and O–H groups in total. The molecule has 0 saturated heterocycles. The van der Waals surface area contributed by atoms with Crippen LogP contribution in [0.15, 0.2) is 40.9 Å². The van der Waals surface area contributed by atoms with E-state index in [0.717, 1.165) is 39.9 Å². The standard InChI is InChI=1S/C20H18BrN3O/c1-11-3-5-16-14(9-11)13-7-8-22-20(18(13)23-16)15-10-12(21)4-6-17(15)24(2)19(20)25/h3-6,9-10,22-23H,7-8H2,1-2H3/t20-/m0/s1. The summed E-state index contributed by atoms with van der Waals surface area (Å²) in [6.07, 6.45) is 0.918. The number of rotatable bonds is 0. The predicted octanol–water partition coefficient (Wildman–Crippen LogP) is 3.60. The number of carbonyl (C=O) groups excluding carboxylic acids is 1. The maximum absolute atomic E-state index is 13.4. The molecule has 126 valence electrons. The third-order valence-electron chi connectivity index (χ3n) is 5.55. The van der Waals surface area contributed by atoms with Crippen LogP contribution in [0, 0.1) is 6.92 Å². The molecule has 2 aliphatic rings. The smallest absolute Gasteiger partial charge is 0.257 e. The van der Waals surface area contributed by atoms with Gasteiger partial charge in [0.15, 0.2) is 5.54 Å². The van der Waals surface area contributed by atoms with Gasteiger partial charge in [-0.2, -0.15) is 0 Å². The lowest BCUT2D eigenvalue weighted by Crippen LogP contribution is -2.54. The van der Waals surface area contributed by atoms with Crippen LogP contribution < -0.4 is 10.2 Å². The number of nitrogens with zero attached hydrogens (tertiary/aromatic N) is 1. The van der Waals surface area contributed by atoms with E-state index < -0.39 is 5.54 Å². The first-order chi connectivity index (χ1) is 12.0. The Balaban J connectivity index is 1.87. The molecule has 0 aliphatic carbocycles. The number of likely N-dealkylation sites (N-methyl/N-ethyl adjacent to an activating group) is 1. The molecule has 0 unspecified atom stereocenters. The Morgan fingerprint density at radius 3 is 2.88 bits per heavy atom. The molecular formula is C20H18BrN3O. The van der Waals surface area contributed by atoms with E-state index >= 15 is 0 Å².